The molecule has 0 radical (unpaired) electrons. The number of benzene rings is 3. The number of nitrogens with zero attached hydrogens (tertiary/aromatic N) is 2. The highest BCUT2D eigenvalue weighted by molar-refractivity contribution is 6.52. The van der Waals surface area contributed by atoms with Gasteiger partial charge in [-0.25, -0.2) is 8.78 Å². The summed E-state index contributed by atoms with van der Waals surface area (Å²) in [6, 6.07) is 11.2. The lowest BCUT2D eigenvalue weighted by atomic mass is 9.94. The second-order valence-electron chi connectivity index (χ2n) is 8.50. The lowest BCUT2D eigenvalue weighted by Gasteiger charge is -2.27. The first kappa shape index (κ1) is 27.4. The molecule has 0 bridgehead atoms. The number of anilines is 2. The fraction of sp³-hybridized carbons (Fsp3) is 0.214. The fourth-order valence-electron chi connectivity index (χ4n) is 4.62. The van der Waals surface area contributed by atoms with Crippen LogP contribution in [0.1, 0.15) is 31.0 Å². The summed E-state index contributed by atoms with van der Waals surface area (Å²) >= 11 is 12.4. The van der Waals surface area contributed by atoms with Crippen molar-refractivity contribution in [3.05, 3.63) is 93.0 Å². The van der Waals surface area contributed by atoms with Crippen molar-refractivity contribution in [1.82, 2.24) is 0 Å². The predicted molar refractivity (Wildman–Crippen MR) is 144 cm³/mol. The average molecular weight is 561 g/mol. The van der Waals surface area contributed by atoms with Crippen LogP contribution in [0.15, 0.2) is 60.2 Å². The summed E-state index contributed by atoms with van der Waals surface area (Å²) in [7, 11) is 1.32. The SMILES string of the molecule is CCN(CC)c1ccc(C2/C(=C(\O)c3cc(Cl)cc(Cl)c3OC)C(=O)C(=O)N2c2ccc(F)cc2F)cc1. The number of ketones is 1. The monoisotopic (exact) mass is 560 g/mol. The third-order valence-electron chi connectivity index (χ3n) is 6.42. The van der Waals surface area contributed by atoms with E-state index < -0.39 is 35.1 Å². The first-order chi connectivity index (χ1) is 18.1. The number of Topliss-reactive ketones (excluding diaryl/α,β-unsaturated/α-hetero) is 1. The minimum absolute atomic E-state index is 0.0210. The van der Waals surface area contributed by atoms with Crippen LogP contribution < -0.4 is 14.5 Å². The van der Waals surface area contributed by atoms with E-state index in [1.165, 1.54) is 19.2 Å². The van der Waals surface area contributed by atoms with Crippen LogP contribution in [0.4, 0.5) is 20.2 Å². The molecular formula is C28H24Cl2F2N2O4. The van der Waals surface area contributed by atoms with Gasteiger partial charge in [-0.15, -0.1) is 0 Å². The third kappa shape index (κ3) is 4.81. The number of carbonyl (C=O) groups is 2. The number of rotatable bonds is 7. The Balaban J connectivity index is 1.99. The highest BCUT2D eigenvalue weighted by atomic mass is 35.5. The molecule has 4 rings (SSSR count). The molecule has 1 saturated heterocycles. The summed E-state index contributed by atoms with van der Waals surface area (Å²) in [4.78, 5) is 29.7. The number of hydrogen-bond acceptors (Lipinski definition) is 5. The van der Waals surface area contributed by atoms with Crippen molar-refractivity contribution >= 4 is 52.0 Å². The Hall–Kier alpha value is -3.62. The van der Waals surface area contributed by atoms with Crippen LogP contribution in [0.25, 0.3) is 5.76 Å². The first-order valence-electron chi connectivity index (χ1n) is 11.8. The van der Waals surface area contributed by atoms with Crippen molar-refractivity contribution in [2.45, 2.75) is 19.9 Å². The number of methoxy groups -OCH3 is 1. The number of ether oxygens (including phenoxy) is 1. The van der Waals surface area contributed by atoms with E-state index in [2.05, 4.69) is 4.90 Å². The number of hydrogen-bond donors (Lipinski definition) is 1. The Labute approximate surface area is 228 Å². The highest BCUT2D eigenvalue weighted by Gasteiger charge is 2.48. The van der Waals surface area contributed by atoms with Crippen LogP contribution >= 0.6 is 23.2 Å². The molecule has 1 aliphatic heterocycles. The number of aliphatic hydroxyl groups is 1. The number of carbonyl (C=O) groups excluding carboxylic acids is 2. The Morgan fingerprint density at radius 2 is 1.68 bits per heavy atom. The van der Waals surface area contributed by atoms with Crippen molar-refractivity contribution < 1.29 is 28.2 Å². The maximum Gasteiger partial charge on any atom is 0.300 e. The molecule has 3 aromatic carbocycles. The summed E-state index contributed by atoms with van der Waals surface area (Å²) in [6.45, 7) is 5.52. The van der Waals surface area contributed by atoms with Crippen molar-refractivity contribution in [2.24, 2.45) is 0 Å². The van der Waals surface area contributed by atoms with Crippen LogP contribution in [0.5, 0.6) is 5.75 Å². The molecule has 0 aromatic heterocycles. The second kappa shape index (κ2) is 11.0. The van der Waals surface area contributed by atoms with Gasteiger partial charge in [-0.05, 0) is 55.8 Å². The van der Waals surface area contributed by atoms with Crippen LogP contribution in [0, 0.1) is 11.6 Å². The lowest BCUT2D eigenvalue weighted by Crippen LogP contribution is -2.30. The number of amides is 1. The van der Waals surface area contributed by atoms with Gasteiger partial charge in [-0.2, -0.15) is 0 Å². The van der Waals surface area contributed by atoms with Crippen molar-refractivity contribution in [3.63, 3.8) is 0 Å². The molecule has 1 aliphatic rings. The van der Waals surface area contributed by atoms with E-state index in [4.69, 9.17) is 27.9 Å². The molecule has 198 valence electrons. The minimum atomic E-state index is -1.25. The zero-order valence-electron chi connectivity index (χ0n) is 20.8. The van der Waals surface area contributed by atoms with Gasteiger partial charge in [0.05, 0.1) is 35.0 Å². The predicted octanol–water partition coefficient (Wildman–Crippen LogP) is 6.75. The first-order valence-corrected chi connectivity index (χ1v) is 12.5. The molecule has 1 atom stereocenters. The zero-order chi connectivity index (χ0) is 27.7. The maximum absolute atomic E-state index is 14.9. The van der Waals surface area contributed by atoms with Gasteiger partial charge < -0.3 is 14.7 Å². The Bertz CT molecular complexity index is 1440. The van der Waals surface area contributed by atoms with Crippen LogP contribution in [-0.4, -0.2) is 37.0 Å². The fourth-order valence-corrected chi connectivity index (χ4v) is 5.19. The van der Waals surface area contributed by atoms with Gasteiger partial charge >= 0.3 is 0 Å². The van der Waals surface area contributed by atoms with Gasteiger partial charge in [0.15, 0.2) is 0 Å². The van der Waals surface area contributed by atoms with Crippen LogP contribution in [-0.2, 0) is 9.59 Å². The van der Waals surface area contributed by atoms with E-state index in [1.54, 1.807) is 24.3 Å². The molecule has 1 heterocycles. The van der Waals surface area contributed by atoms with Crippen molar-refractivity contribution in [2.75, 3.05) is 30.0 Å². The molecule has 3 aromatic rings. The Morgan fingerprint density at radius 1 is 1.03 bits per heavy atom. The quantitative estimate of drug-likeness (QED) is 0.196. The molecule has 1 amide bonds. The molecule has 6 nitrogen and oxygen atoms in total. The van der Waals surface area contributed by atoms with Gasteiger partial charge in [0, 0.05) is 29.9 Å². The molecule has 1 unspecified atom stereocenters. The van der Waals surface area contributed by atoms with E-state index in [1.807, 2.05) is 13.8 Å². The molecule has 38 heavy (non-hydrogen) atoms. The van der Waals surface area contributed by atoms with Crippen molar-refractivity contribution in [1.29, 1.82) is 0 Å². The Morgan fingerprint density at radius 3 is 2.26 bits per heavy atom. The second-order valence-corrected chi connectivity index (χ2v) is 9.34. The van der Waals surface area contributed by atoms with E-state index in [0.29, 0.717) is 11.6 Å². The number of aliphatic hydroxyl groups excluding tert-OH is 1. The van der Waals surface area contributed by atoms with Gasteiger partial charge in [0.25, 0.3) is 11.7 Å². The molecular weight excluding hydrogens is 537 g/mol. The van der Waals surface area contributed by atoms with E-state index >= 15 is 0 Å². The van der Waals surface area contributed by atoms with Crippen LogP contribution in [0.2, 0.25) is 10.0 Å². The van der Waals surface area contributed by atoms with E-state index in [0.717, 1.165) is 35.8 Å². The largest absolute Gasteiger partial charge is 0.507 e. The smallest absolute Gasteiger partial charge is 0.300 e. The van der Waals surface area contributed by atoms with Gasteiger partial charge in [-0.1, -0.05) is 35.3 Å². The third-order valence-corrected chi connectivity index (χ3v) is 6.92. The summed E-state index contributed by atoms with van der Waals surface area (Å²) in [5, 5.41) is 11.6. The molecule has 1 fully saturated rings. The summed E-state index contributed by atoms with van der Waals surface area (Å²) in [5.41, 5.74) is 0.643. The number of halogens is 4. The lowest BCUT2D eigenvalue weighted by molar-refractivity contribution is -0.132. The molecule has 0 saturated carbocycles. The summed E-state index contributed by atoms with van der Waals surface area (Å²) in [5.74, 6) is -4.62. The summed E-state index contributed by atoms with van der Waals surface area (Å²) in [6.07, 6.45) is 0. The molecule has 10 heteroatoms. The summed E-state index contributed by atoms with van der Waals surface area (Å²) < 4.78 is 34.0. The highest BCUT2D eigenvalue weighted by Crippen LogP contribution is 2.45. The minimum Gasteiger partial charge on any atom is -0.507 e. The molecule has 0 aliphatic carbocycles. The van der Waals surface area contributed by atoms with Gasteiger partial charge in [-0.3, -0.25) is 14.5 Å². The Kier molecular flexibility index (Phi) is 7.94. The van der Waals surface area contributed by atoms with Crippen LogP contribution in [0.3, 0.4) is 0 Å². The molecule has 0 spiro atoms. The van der Waals surface area contributed by atoms with Gasteiger partial charge in [0.2, 0.25) is 0 Å². The van der Waals surface area contributed by atoms with E-state index in [9.17, 15) is 23.5 Å². The average Bonchev–Trinajstić information content (AvgIpc) is 3.14. The maximum atomic E-state index is 14.9. The normalized spacial score (nSPS) is 16.7. The van der Waals surface area contributed by atoms with Gasteiger partial charge in [0.1, 0.15) is 23.1 Å². The standard InChI is InChI=1S/C28H24Cl2F2N2O4/c1-4-33(5-2)18-9-6-15(7-10-18)24-23(25(35)19-12-16(29)13-20(30)27(19)38-3)26(36)28(37)34(24)22-11-8-17(31)14-21(22)32/h6-14,24,35H,4-5H2,1-3H3/b25-23+. The topological polar surface area (TPSA) is 70.1 Å². The van der Waals surface area contributed by atoms with E-state index in [-0.39, 0.29) is 32.6 Å². The van der Waals surface area contributed by atoms with Crippen molar-refractivity contribution in [3.8, 4) is 5.75 Å². The zero-order valence-corrected chi connectivity index (χ0v) is 22.3. The molecule has 1 N–H and O–H groups in total.